The average molecular weight is 278 g/mol. The van der Waals surface area contributed by atoms with Gasteiger partial charge in [-0.1, -0.05) is 11.3 Å². The van der Waals surface area contributed by atoms with Gasteiger partial charge in [0, 0.05) is 6.54 Å². The molecule has 1 aromatic heterocycles. The second-order valence-electron chi connectivity index (χ2n) is 4.35. The number of anilines is 1. The lowest BCUT2D eigenvalue weighted by Crippen LogP contribution is -2.55. The van der Waals surface area contributed by atoms with Gasteiger partial charge in [0.25, 0.3) is 10.0 Å². The fourth-order valence-corrected chi connectivity index (χ4v) is 4.35. The Morgan fingerprint density at radius 1 is 1.47 bits per heavy atom. The first-order valence-electron chi connectivity index (χ1n) is 5.03. The lowest BCUT2D eigenvalue weighted by atomic mass is 10.1. The Labute approximate surface area is 104 Å². The van der Waals surface area contributed by atoms with Gasteiger partial charge in [0.2, 0.25) is 9.47 Å². The van der Waals surface area contributed by atoms with E-state index in [0.717, 1.165) is 11.3 Å². The molecular formula is C8H14N4O3S2. The number of nitrogens with zero attached hydrogens (tertiary/aromatic N) is 3. The zero-order valence-corrected chi connectivity index (χ0v) is 11.2. The number of hydrogen-bond acceptors (Lipinski definition) is 7. The minimum atomic E-state index is -3.63. The highest BCUT2D eigenvalue weighted by molar-refractivity contribution is 7.91. The van der Waals surface area contributed by atoms with Crippen molar-refractivity contribution in [3.05, 3.63) is 0 Å². The summed E-state index contributed by atoms with van der Waals surface area (Å²) in [6.07, 6.45) is 0. The Morgan fingerprint density at radius 2 is 2.18 bits per heavy atom. The van der Waals surface area contributed by atoms with Crippen LogP contribution in [0.4, 0.5) is 5.13 Å². The maximum absolute atomic E-state index is 12.3. The molecule has 9 heteroatoms. The molecule has 0 amide bonds. The minimum Gasteiger partial charge on any atom is -0.378 e. The molecular weight excluding hydrogens is 264 g/mol. The maximum Gasteiger partial charge on any atom is 0.273 e. The molecule has 7 nitrogen and oxygen atoms in total. The fourth-order valence-electron chi connectivity index (χ4n) is 1.71. The molecule has 1 aliphatic heterocycles. The van der Waals surface area contributed by atoms with Crippen molar-refractivity contribution in [2.24, 2.45) is 0 Å². The molecule has 1 aliphatic rings. The Morgan fingerprint density at radius 3 is 2.71 bits per heavy atom. The summed E-state index contributed by atoms with van der Waals surface area (Å²) < 4.78 is 31.3. The molecule has 1 saturated heterocycles. The van der Waals surface area contributed by atoms with Gasteiger partial charge in [-0.05, 0) is 13.8 Å². The quantitative estimate of drug-likeness (QED) is 0.812. The monoisotopic (exact) mass is 278 g/mol. The summed E-state index contributed by atoms with van der Waals surface area (Å²) in [7, 11) is -3.63. The van der Waals surface area contributed by atoms with E-state index in [1.165, 1.54) is 4.31 Å². The Balaban J connectivity index is 2.38. The summed E-state index contributed by atoms with van der Waals surface area (Å²) in [4.78, 5) is 0. The summed E-state index contributed by atoms with van der Waals surface area (Å²) in [5.41, 5.74) is 4.82. The largest absolute Gasteiger partial charge is 0.378 e. The van der Waals surface area contributed by atoms with E-state index in [2.05, 4.69) is 10.2 Å². The van der Waals surface area contributed by atoms with E-state index in [0.29, 0.717) is 19.8 Å². The molecule has 1 aromatic rings. The summed E-state index contributed by atoms with van der Waals surface area (Å²) in [6.45, 7) is 4.69. The van der Waals surface area contributed by atoms with Crippen LogP contribution < -0.4 is 5.73 Å². The number of nitrogens with two attached hydrogens (primary N) is 1. The number of hydrogen-bond donors (Lipinski definition) is 1. The molecule has 1 fully saturated rings. The molecule has 0 spiro atoms. The second kappa shape index (κ2) is 4.16. The number of morpholine rings is 1. The van der Waals surface area contributed by atoms with Crippen LogP contribution >= 0.6 is 11.3 Å². The fraction of sp³-hybridized carbons (Fsp3) is 0.750. The highest BCUT2D eigenvalue weighted by Crippen LogP contribution is 2.29. The van der Waals surface area contributed by atoms with Crippen LogP contribution in [0.3, 0.4) is 0 Å². The average Bonchev–Trinajstić information content (AvgIpc) is 2.64. The molecule has 0 saturated carbocycles. The van der Waals surface area contributed by atoms with Crippen LogP contribution in [-0.2, 0) is 14.8 Å². The van der Waals surface area contributed by atoms with Crippen molar-refractivity contribution in [2.45, 2.75) is 23.7 Å². The van der Waals surface area contributed by atoms with Crippen molar-refractivity contribution in [3.63, 3.8) is 0 Å². The molecule has 0 atom stereocenters. The molecule has 0 bridgehead atoms. The smallest absolute Gasteiger partial charge is 0.273 e. The standard InChI is InChI=1S/C8H14N4O3S2/c1-8(2)5-15-4-3-12(8)17(13,14)7-11-10-6(9)16-7/h3-5H2,1-2H3,(H2,9,10). The third kappa shape index (κ3) is 2.28. The van der Waals surface area contributed by atoms with Gasteiger partial charge < -0.3 is 10.5 Å². The molecule has 2 heterocycles. The Bertz CT molecular complexity index is 511. The summed E-state index contributed by atoms with van der Waals surface area (Å²) >= 11 is 0.874. The molecule has 0 aliphatic carbocycles. The highest BCUT2D eigenvalue weighted by Gasteiger charge is 2.41. The molecule has 0 radical (unpaired) electrons. The number of sulfonamides is 1. The van der Waals surface area contributed by atoms with Gasteiger partial charge in [0.1, 0.15) is 0 Å². The first kappa shape index (κ1) is 12.7. The van der Waals surface area contributed by atoms with E-state index >= 15 is 0 Å². The van der Waals surface area contributed by atoms with E-state index in [1.807, 2.05) is 13.8 Å². The van der Waals surface area contributed by atoms with Crippen LogP contribution in [0.1, 0.15) is 13.8 Å². The molecule has 2 rings (SSSR count). The molecule has 0 unspecified atom stereocenters. The predicted molar refractivity (Wildman–Crippen MR) is 63.1 cm³/mol. The van der Waals surface area contributed by atoms with Gasteiger partial charge in [0.15, 0.2) is 0 Å². The van der Waals surface area contributed by atoms with Crippen LogP contribution in [0.5, 0.6) is 0 Å². The first-order valence-corrected chi connectivity index (χ1v) is 7.29. The van der Waals surface area contributed by atoms with E-state index in [9.17, 15) is 8.42 Å². The van der Waals surface area contributed by atoms with Gasteiger partial charge in [0.05, 0.1) is 18.8 Å². The van der Waals surface area contributed by atoms with Gasteiger partial charge in [-0.25, -0.2) is 8.42 Å². The lowest BCUT2D eigenvalue weighted by molar-refractivity contribution is -0.00772. The van der Waals surface area contributed by atoms with Crippen LogP contribution in [-0.4, -0.2) is 48.2 Å². The lowest BCUT2D eigenvalue weighted by Gasteiger charge is -2.39. The van der Waals surface area contributed by atoms with Crippen LogP contribution in [0.15, 0.2) is 4.34 Å². The topological polar surface area (TPSA) is 98.4 Å². The normalized spacial score (nSPS) is 21.5. The molecule has 96 valence electrons. The third-order valence-electron chi connectivity index (χ3n) is 2.50. The number of aromatic nitrogens is 2. The summed E-state index contributed by atoms with van der Waals surface area (Å²) in [5, 5.41) is 7.28. The molecule has 0 aromatic carbocycles. The van der Waals surface area contributed by atoms with Crippen molar-refractivity contribution < 1.29 is 13.2 Å². The highest BCUT2D eigenvalue weighted by atomic mass is 32.2. The Hall–Kier alpha value is -0.770. The van der Waals surface area contributed by atoms with E-state index in [4.69, 9.17) is 10.5 Å². The number of ether oxygens (including phenoxy) is 1. The van der Waals surface area contributed by atoms with Crippen molar-refractivity contribution in [1.82, 2.24) is 14.5 Å². The first-order chi connectivity index (χ1) is 7.84. The van der Waals surface area contributed by atoms with Gasteiger partial charge in [-0.3, -0.25) is 0 Å². The maximum atomic E-state index is 12.3. The van der Waals surface area contributed by atoms with Crippen molar-refractivity contribution in [3.8, 4) is 0 Å². The van der Waals surface area contributed by atoms with E-state index in [1.54, 1.807) is 0 Å². The molecule has 2 N–H and O–H groups in total. The third-order valence-corrected chi connectivity index (χ3v) is 5.71. The Kier molecular flexibility index (Phi) is 3.10. The molecule has 17 heavy (non-hydrogen) atoms. The van der Waals surface area contributed by atoms with Crippen LogP contribution in [0.2, 0.25) is 0 Å². The zero-order chi connectivity index (χ0) is 12.7. The number of rotatable bonds is 2. The summed E-state index contributed by atoms with van der Waals surface area (Å²) in [5.74, 6) is 0. The van der Waals surface area contributed by atoms with Gasteiger partial charge in [-0.2, -0.15) is 4.31 Å². The SMILES string of the molecule is CC1(C)COCCN1S(=O)(=O)c1nnc(N)s1. The van der Waals surface area contributed by atoms with Crippen molar-refractivity contribution in [1.29, 1.82) is 0 Å². The van der Waals surface area contributed by atoms with Gasteiger partial charge in [-0.15, -0.1) is 10.2 Å². The van der Waals surface area contributed by atoms with Crippen LogP contribution in [0, 0.1) is 0 Å². The van der Waals surface area contributed by atoms with E-state index in [-0.39, 0.29) is 9.47 Å². The van der Waals surface area contributed by atoms with Crippen molar-refractivity contribution in [2.75, 3.05) is 25.5 Å². The second-order valence-corrected chi connectivity index (χ2v) is 7.39. The minimum absolute atomic E-state index is 0.0648. The zero-order valence-electron chi connectivity index (χ0n) is 9.58. The van der Waals surface area contributed by atoms with Crippen molar-refractivity contribution >= 4 is 26.5 Å². The predicted octanol–water partition coefficient (Wildman–Crippen LogP) is -0.0802. The van der Waals surface area contributed by atoms with E-state index < -0.39 is 15.6 Å². The van der Waals surface area contributed by atoms with Crippen LogP contribution in [0.25, 0.3) is 0 Å². The number of nitrogen functional groups attached to an aromatic ring is 1. The summed E-state index contributed by atoms with van der Waals surface area (Å²) in [6, 6.07) is 0. The van der Waals surface area contributed by atoms with Gasteiger partial charge >= 0.3 is 0 Å².